The van der Waals surface area contributed by atoms with Crippen molar-refractivity contribution in [2.45, 2.75) is 33.3 Å². The maximum absolute atomic E-state index is 11.6. The minimum absolute atomic E-state index is 0.0849. The van der Waals surface area contributed by atoms with Crippen LogP contribution in [0.1, 0.15) is 37.0 Å². The molecule has 0 aliphatic rings. The number of amides is 1. The van der Waals surface area contributed by atoms with E-state index in [-0.39, 0.29) is 11.4 Å². The summed E-state index contributed by atoms with van der Waals surface area (Å²) in [5.74, 6) is -1.16. The summed E-state index contributed by atoms with van der Waals surface area (Å²) in [6.07, 6.45) is -0.707. The third-order valence-corrected chi connectivity index (χ3v) is 2.05. The summed E-state index contributed by atoms with van der Waals surface area (Å²) < 4.78 is 6.26. The van der Waals surface area contributed by atoms with Crippen LogP contribution < -0.4 is 5.32 Å². The highest BCUT2D eigenvalue weighted by Crippen LogP contribution is 2.20. The molecule has 2 N–H and O–H groups in total. The second kappa shape index (κ2) is 4.67. The van der Waals surface area contributed by atoms with E-state index in [0.717, 1.165) is 0 Å². The largest absolute Gasteiger partial charge is 0.476 e. The molecule has 1 aromatic rings. The van der Waals surface area contributed by atoms with Crippen molar-refractivity contribution in [1.82, 2.24) is 9.78 Å². The molecule has 0 saturated heterocycles. The van der Waals surface area contributed by atoms with E-state index in [1.54, 1.807) is 27.7 Å². The highest BCUT2D eigenvalue weighted by Gasteiger charge is 2.23. The Labute approximate surface area is 105 Å². The van der Waals surface area contributed by atoms with Crippen LogP contribution in [-0.2, 0) is 11.8 Å². The first-order chi connectivity index (χ1) is 8.11. The lowest BCUT2D eigenvalue weighted by Crippen LogP contribution is -2.28. The molecule has 18 heavy (non-hydrogen) atoms. The van der Waals surface area contributed by atoms with Gasteiger partial charge >= 0.3 is 12.1 Å². The lowest BCUT2D eigenvalue weighted by molar-refractivity contribution is 0.0636. The minimum atomic E-state index is -1.16. The standard InChI is InChI=1S/C11H17N3O4/c1-6-7(8(9(15)16)14(5)13-6)12-10(17)18-11(2,3)4/h1-5H3,(H,12,17)(H,15,16). The molecule has 0 atom stereocenters. The number of aryl methyl sites for hydroxylation is 2. The molecule has 1 rings (SSSR count). The summed E-state index contributed by atoms with van der Waals surface area (Å²) in [6, 6.07) is 0. The molecule has 1 heterocycles. The first-order valence-corrected chi connectivity index (χ1v) is 5.38. The van der Waals surface area contributed by atoms with Crippen LogP contribution in [0.3, 0.4) is 0 Å². The van der Waals surface area contributed by atoms with Crippen LogP contribution in [0.25, 0.3) is 0 Å². The predicted octanol–water partition coefficient (Wildman–Crippen LogP) is 1.77. The number of rotatable bonds is 2. The highest BCUT2D eigenvalue weighted by atomic mass is 16.6. The van der Waals surface area contributed by atoms with Gasteiger partial charge in [-0.15, -0.1) is 0 Å². The molecule has 0 fully saturated rings. The number of anilines is 1. The number of carbonyl (C=O) groups excluding carboxylic acids is 1. The molecule has 0 saturated carbocycles. The summed E-state index contributed by atoms with van der Waals surface area (Å²) in [6.45, 7) is 6.78. The van der Waals surface area contributed by atoms with Gasteiger partial charge in [0.15, 0.2) is 5.69 Å². The van der Waals surface area contributed by atoms with Crippen LogP contribution in [0, 0.1) is 6.92 Å². The third kappa shape index (κ3) is 3.22. The number of nitrogens with one attached hydrogen (secondary N) is 1. The summed E-state index contributed by atoms with van der Waals surface area (Å²) in [4.78, 5) is 22.7. The lowest BCUT2D eigenvalue weighted by atomic mass is 10.2. The SMILES string of the molecule is Cc1nn(C)c(C(=O)O)c1NC(=O)OC(C)(C)C. The van der Waals surface area contributed by atoms with Crippen molar-refractivity contribution in [2.24, 2.45) is 7.05 Å². The average Bonchev–Trinajstić information content (AvgIpc) is 2.37. The number of carbonyl (C=O) groups is 2. The molecule has 7 heteroatoms. The molecule has 1 amide bonds. The van der Waals surface area contributed by atoms with Gasteiger partial charge in [0.2, 0.25) is 0 Å². The number of hydrogen-bond donors (Lipinski definition) is 2. The quantitative estimate of drug-likeness (QED) is 0.840. The van der Waals surface area contributed by atoms with Crippen molar-refractivity contribution in [3.05, 3.63) is 11.4 Å². The summed E-state index contributed by atoms with van der Waals surface area (Å²) in [5, 5.41) is 15.4. The van der Waals surface area contributed by atoms with E-state index >= 15 is 0 Å². The Hall–Kier alpha value is -2.05. The molecule has 0 aliphatic heterocycles. The molecular formula is C11H17N3O4. The number of aromatic carboxylic acids is 1. The average molecular weight is 255 g/mol. The third-order valence-electron chi connectivity index (χ3n) is 2.05. The van der Waals surface area contributed by atoms with Gasteiger partial charge in [-0.25, -0.2) is 9.59 Å². The van der Waals surface area contributed by atoms with Crippen molar-refractivity contribution in [2.75, 3.05) is 5.32 Å². The van der Waals surface area contributed by atoms with Crippen LogP contribution in [-0.4, -0.2) is 32.6 Å². The Morgan fingerprint density at radius 2 is 1.94 bits per heavy atom. The van der Waals surface area contributed by atoms with Crippen LogP contribution in [0.5, 0.6) is 0 Å². The Morgan fingerprint density at radius 3 is 2.39 bits per heavy atom. The van der Waals surface area contributed by atoms with E-state index in [0.29, 0.717) is 5.69 Å². The molecule has 0 aromatic carbocycles. The van der Waals surface area contributed by atoms with E-state index in [1.165, 1.54) is 11.7 Å². The van der Waals surface area contributed by atoms with E-state index in [9.17, 15) is 9.59 Å². The number of aromatic nitrogens is 2. The topological polar surface area (TPSA) is 93.5 Å². The van der Waals surface area contributed by atoms with Gasteiger partial charge in [0, 0.05) is 7.05 Å². The first kappa shape index (κ1) is 14.0. The van der Waals surface area contributed by atoms with Crippen molar-refractivity contribution < 1.29 is 19.4 Å². The normalized spacial score (nSPS) is 11.2. The van der Waals surface area contributed by atoms with E-state index in [2.05, 4.69) is 10.4 Å². The van der Waals surface area contributed by atoms with Gasteiger partial charge in [-0.2, -0.15) is 5.10 Å². The van der Waals surface area contributed by atoms with Crippen LogP contribution in [0.15, 0.2) is 0 Å². The summed E-state index contributed by atoms with van der Waals surface area (Å²) >= 11 is 0. The van der Waals surface area contributed by atoms with Gasteiger partial charge in [-0.1, -0.05) is 0 Å². The van der Waals surface area contributed by atoms with Gasteiger partial charge in [0.1, 0.15) is 5.60 Å². The zero-order valence-corrected chi connectivity index (χ0v) is 11.1. The molecule has 0 aliphatic carbocycles. The van der Waals surface area contributed by atoms with Crippen molar-refractivity contribution >= 4 is 17.7 Å². The maximum atomic E-state index is 11.6. The van der Waals surface area contributed by atoms with Gasteiger partial charge in [0.25, 0.3) is 0 Å². The molecule has 7 nitrogen and oxygen atoms in total. The molecular weight excluding hydrogens is 238 g/mol. The van der Waals surface area contributed by atoms with E-state index in [1.807, 2.05) is 0 Å². The zero-order valence-electron chi connectivity index (χ0n) is 11.1. The van der Waals surface area contributed by atoms with E-state index < -0.39 is 17.7 Å². The Morgan fingerprint density at radius 1 is 1.39 bits per heavy atom. The monoisotopic (exact) mass is 255 g/mol. The smallest absolute Gasteiger partial charge is 0.412 e. The number of hydrogen-bond acceptors (Lipinski definition) is 4. The fraction of sp³-hybridized carbons (Fsp3) is 0.545. The molecule has 1 aromatic heterocycles. The Balaban J connectivity index is 2.98. The molecule has 0 spiro atoms. The lowest BCUT2D eigenvalue weighted by Gasteiger charge is -2.19. The fourth-order valence-corrected chi connectivity index (χ4v) is 1.46. The van der Waals surface area contributed by atoms with Crippen molar-refractivity contribution in [3.63, 3.8) is 0 Å². The van der Waals surface area contributed by atoms with Crippen molar-refractivity contribution in [1.29, 1.82) is 0 Å². The number of carboxylic acid groups (broad SMARTS) is 1. The van der Waals surface area contributed by atoms with Gasteiger partial charge in [-0.05, 0) is 27.7 Å². The van der Waals surface area contributed by atoms with Crippen molar-refractivity contribution in [3.8, 4) is 0 Å². The maximum Gasteiger partial charge on any atom is 0.412 e. The van der Waals surface area contributed by atoms with Crippen LogP contribution >= 0.6 is 0 Å². The highest BCUT2D eigenvalue weighted by molar-refractivity contribution is 5.98. The molecule has 0 radical (unpaired) electrons. The van der Waals surface area contributed by atoms with Gasteiger partial charge in [0.05, 0.1) is 11.4 Å². The Kier molecular flexibility index (Phi) is 3.64. The molecule has 100 valence electrons. The first-order valence-electron chi connectivity index (χ1n) is 5.38. The summed E-state index contributed by atoms with van der Waals surface area (Å²) in [7, 11) is 1.50. The number of ether oxygens (including phenoxy) is 1. The van der Waals surface area contributed by atoms with Gasteiger partial charge in [-0.3, -0.25) is 10.00 Å². The van der Waals surface area contributed by atoms with Crippen LogP contribution in [0.4, 0.5) is 10.5 Å². The number of carboxylic acids is 1. The fourth-order valence-electron chi connectivity index (χ4n) is 1.46. The second-order valence-electron chi connectivity index (χ2n) is 4.86. The molecule has 0 bridgehead atoms. The van der Waals surface area contributed by atoms with Gasteiger partial charge < -0.3 is 9.84 Å². The minimum Gasteiger partial charge on any atom is -0.476 e. The Bertz CT molecular complexity index is 485. The second-order valence-corrected chi connectivity index (χ2v) is 4.86. The summed E-state index contributed by atoms with van der Waals surface area (Å²) in [5.41, 5.74) is -0.165. The number of nitrogens with zero attached hydrogens (tertiary/aromatic N) is 2. The zero-order chi connectivity index (χ0) is 14.1. The van der Waals surface area contributed by atoms with E-state index in [4.69, 9.17) is 9.84 Å². The van der Waals surface area contributed by atoms with Crippen LogP contribution in [0.2, 0.25) is 0 Å². The molecule has 0 unspecified atom stereocenters. The predicted molar refractivity (Wildman–Crippen MR) is 64.8 cm³/mol.